The van der Waals surface area contributed by atoms with Crippen LogP contribution in [0.5, 0.6) is 0 Å². The second-order valence-electron chi connectivity index (χ2n) is 3.50. The first-order chi connectivity index (χ1) is 6.68. The average Bonchev–Trinajstić information content (AvgIpc) is 2.18. The summed E-state index contributed by atoms with van der Waals surface area (Å²) in [6.07, 6.45) is 2.96. The normalized spacial score (nSPS) is 20.2. The summed E-state index contributed by atoms with van der Waals surface area (Å²) in [5, 5.41) is 10.5. The highest BCUT2D eigenvalue weighted by Gasteiger charge is 2.20. The van der Waals surface area contributed by atoms with Gasteiger partial charge < -0.3 is 0 Å². The molecule has 74 valence electrons. The van der Waals surface area contributed by atoms with E-state index in [0.29, 0.717) is 0 Å². The number of nitrogens with zero attached hydrogens (tertiary/aromatic N) is 1. The van der Waals surface area contributed by atoms with Gasteiger partial charge in [0.1, 0.15) is 0 Å². The van der Waals surface area contributed by atoms with Crippen LogP contribution in [0.2, 0.25) is 0 Å². The Morgan fingerprint density at radius 1 is 1.50 bits per heavy atom. The second-order valence-corrected chi connectivity index (χ2v) is 4.03. The predicted octanol–water partition coefficient (Wildman–Crippen LogP) is 3.21. The molecule has 0 fully saturated rings. The number of fused-ring (bicyclic) bond motifs is 1. The molecule has 2 rings (SSSR count). The molecule has 3 nitrogen and oxygen atoms in total. The molecular formula is C10H10ClNO2. The van der Waals surface area contributed by atoms with Gasteiger partial charge in [0.15, 0.2) is 0 Å². The molecule has 1 unspecified atom stereocenters. The van der Waals surface area contributed by atoms with E-state index in [2.05, 4.69) is 0 Å². The maximum Gasteiger partial charge on any atom is 0.269 e. The number of alkyl halides is 1. The Morgan fingerprint density at radius 2 is 2.29 bits per heavy atom. The topological polar surface area (TPSA) is 43.1 Å². The zero-order valence-electron chi connectivity index (χ0n) is 7.57. The quantitative estimate of drug-likeness (QED) is 0.407. The maximum atomic E-state index is 10.6. The third kappa shape index (κ3) is 1.60. The Bertz CT molecular complexity index is 378. The standard InChI is InChI=1S/C10H10ClNO2/c11-10-3-1-2-7-4-5-8(12(13)14)6-9(7)10/h4-6,10H,1-3H2. The van der Waals surface area contributed by atoms with Crippen LogP contribution < -0.4 is 0 Å². The first-order valence-corrected chi connectivity index (χ1v) is 5.03. The average molecular weight is 212 g/mol. The Hall–Kier alpha value is -1.09. The minimum Gasteiger partial charge on any atom is -0.258 e. The molecule has 0 aliphatic heterocycles. The van der Waals surface area contributed by atoms with Crippen molar-refractivity contribution < 1.29 is 4.92 Å². The van der Waals surface area contributed by atoms with Crippen molar-refractivity contribution >= 4 is 17.3 Å². The molecule has 0 aromatic heterocycles. The molecule has 1 atom stereocenters. The van der Waals surface area contributed by atoms with Crippen molar-refractivity contribution in [2.45, 2.75) is 24.6 Å². The van der Waals surface area contributed by atoms with Crippen LogP contribution in [0.25, 0.3) is 0 Å². The van der Waals surface area contributed by atoms with Gasteiger partial charge in [-0.3, -0.25) is 10.1 Å². The molecule has 0 spiro atoms. The van der Waals surface area contributed by atoms with Gasteiger partial charge in [-0.1, -0.05) is 6.07 Å². The summed E-state index contributed by atoms with van der Waals surface area (Å²) in [5.41, 5.74) is 2.23. The van der Waals surface area contributed by atoms with E-state index in [9.17, 15) is 10.1 Å². The summed E-state index contributed by atoms with van der Waals surface area (Å²) in [5.74, 6) is 0. The number of hydrogen-bond acceptors (Lipinski definition) is 2. The van der Waals surface area contributed by atoms with Crippen molar-refractivity contribution in [2.75, 3.05) is 0 Å². The third-order valence-electron chi connectivity index (χ3n) is 2.58. The molecule has 4 heteroatoms. The summed E-state index contributed by atoms with van der Waals surface area (Å²) >= 11 is 6.10. The van der Waals surface area contributed by atoms with Crippen LogP contribution in [0.15, 0.2) is 18.2 Å². The molecule has 1 aliphatic rings. The lowest BCUT2D eigenvalue weighted by Gasteiger charge is -2.19. The highest BCUT2D eigenvalue weighted by Crippen LogP contribution is 2.36. The molecule has 0 heterocycles. The Kier molecular flexibility index (Phi) is 2.42. The Balaban J connectivity index is 2.45. The van der Waals surface area contributed by atoms with Crippen LogP contribution >= 0.6 is 11.6 Å². The summed E-state index contributed by atoms with van der Waals surface area (Å²) in [7, 11) is 0. The zero-order chi connectivity index (χ0) is 10.1. The van der Waals surface area contributed by atoms with Crippen molar-refractivity contribution in [3.8, 4) is 0 Å². The van der Waals surface area contributed by atoms with Crippen LogP contribution in [0, 0.1) is 10.1 Å². The number of halogens is 1. The van der Waals surface area contributed by atoms with Gasteiger partial charge in [0, 0.05) is 12.1 Å². The van der Waals surface area contributed by atoms with Gasteiger partial charge in [-0.15, -0.1) is 11.6 Å². The van der Waals surface area contributed by atoms with E-state index >= 15 is 0 Å². The summed E-state index contributed by atoms with van der Waals surface area (Å²) < 4.78 is 0. The highest BCUT2D eigenvalue weighted by molar-refractivity contribution is 6.21. The van der Waals surface area contributed by atoms with Crippen molar-refractivity contribution in [2.24, 2.45) is 0 Å². The van der Waals surface area contributed by atoms with E-state index in [1.807, 2.05) is 6.07 Å². The lowest BCUT2D eigenvalue weighted by Crippen LogP contribution is -2.05. The van der Waals surface area contributed by atoms with Gasteiger partial charge in [0.2, 0.25) is 0 Å². The lowest BCUT2D eigenvalue weighted by molar-refractivity contribution is -0.384. The number of non-ortho nitro benzene ring substituents is 1. The van der Waals surface area contributed by atoms with Gasteiger partial charge >= 0.3 is 0 Å². The molecule has 1 aliphatic carbocycles. The molecular weight excluding hydrogens is 202 g/mol. The Morgan fingerprint density at radius 3 is 3.00 bits per heavy atom. The zero-order valence-corrected chi connectivity index (χ0v) is 8.33. The molecule has 1 aromatic rings. The van der Waals surface area contributed by atoms with Gasteiger partial charge in [-0.05, 0) is 30.4 Å². The number of hydrogen-bond donors (Lipinski definition) is 0. The smallest absolute Gasteiger partial charge is 0.258 e. The number of nitro benzene ring substituents is 1. The van der Waals surface area contributed by atoms with Crippen molar-refractivity contribution in [3.05, 3.63) is 39.4 Å². The van der Waals surface area contributed by atoms with E-state index in [1.165, 1.54) is 0 Å². The molecule has 0 N–H and O–H groups in total. The molecule has 0 saturated carbocycles. The van der Waals surface area contributed by atoms with Crippen LogP contribution in [0.3, 0.4) is 0 Å². The first kappa shape index (κ1) is 9.46. The molecule has 1 aromatic carbocycles. The maximum absolute atomic E-state index is 10.6. The number of benzene rings is 1. The second kappa shape index (κ2) is 3.58. The molecule has 0 radical (unpaired) electrons. The van der Waals surface area contributed by atoms with Gasteiger partial charge in [-0.25, -0.2) is 0 Å². The molecule has 0 bridgehead atoms. The van der Waals surface area contributed by atoms with Crippen molar-refractivity contribution in [1.29, 1.82) is 0 Å². The SMILES string of the molecule is O=[N+]([O-])c1ccc2c(c1)C(Cl)CCC2. The van der Waals surface area contributed by atoms with Crippen molar-refractivity contribution in [3.63, 3.8) is 0 Å². The highest BCUT2D eigenvalue weighted by atomic mass is 35.5. The summed E-state index contributed by atoms with van der Waals surface area (Å²) in [6, 6.07) is 4.97. The number of nitro groups is 1. The van der Waals surface area contributed by atoms with Crippen LogP contribution in [0.4, 0.5) is 5.69 Å². The van der Waals surface area contributed by atoms with E-state index in [-0.39, 0.29) is 16.0 Å². The van der Waals surface area contributed by atoms with E-state index in [0.717, 1.165) is 30.4 Å². The lowest BCUT2D eigenvalue weighted by atomic mass is 9.91. The van der Waals surface area contributed by atoms with Crippen LogP contribution in [0.1, 0.15) is 29.3 Å². The minimum atomic E-state index is -0.376. The summed E-state index contributed by atoms with van der Waals surface area (Å²) in [6.45, 7) is 0. The van der Waals surface area contributed by atoms with E-state index < -0.39 is 0 Å². The third-order valence-corrected chi connectivity index (χ3v) is 3.03. The monoisotopic (exact) mass is 211 g/mol. The fourth-order valence-electron chi connectivity index (χ4n) is 1.84. The molecule has 0 amide bonds. The fourth-order valence-corrected chi connectivity index (χ4v) is 2.20. The Labute approximate surface area is 86.8 Å². The van der Waals surface area contributed by atoms with Gasteiger partial charge in [0.25, 0.3) is 5.69 Å². The minimum absolute atomic E-state index is 0.0568. The van der Waals surface area contributed by atoms with Crippen LogP contribution in [-0.2, 0) is 6.42 Å². The number of rotatable bonds is 1. The summed E-state index contributed by atoms with van der Waals surface area (Å²) in [4.78, 5) is 10.2. The van der Waals surface area contributed by atoms with Crippen LogP contribution in [-0.4, -0.2) is 4.92 Å². The predicted molar refractivity (Wildman–Crippen MR) is 54.6 cm³/mol. The van der Waals surface area contributed by atoms with E-state index in [1.54, 1.807) is 12.1 Å². The fraction of sp³-hybridized carbons (Fsp3) is 0.400. The first-order valence-electron chi connectivity index (χ1n) is 4.60. The molecule has 0 saturated heterocycles. The molecule has 14 heavy (non-hydrogen) atoms. The van der Waals surface area contributed by atoms with Crippen molar-refractivity contribution in [1.82, 2.24) is 0 Å². The number of aryl methyl sites for hydroxylation is 1. The van der Waals surface area contributed by atoms with Gasteiger partial charge in [0.05, 0.1) is 10.3 Å². The largest absolute Gasteiger partial charge is 0.269 e. The van der Waals surface area contributed by atoms with E-state index in [4.69, 9.17) is 11.6 Å². The van der Waals surface area contributed by atoms with Gasteiger partial charge in [-0.2, -0.15) is 0 Å².